The van der Waals surface area contributed by atoms with Crippen LogP contribution in [-0.2, 0) is 21.5 Å². The van der Waals surface area contributed by atoms with E-state index in [9.17, 15) is 4.79 Å². The van der Waals surface area contributed by atoms with Gasteiger partial charge in [0.2, 0.25) is 0 Å². The minimum atomic E-state index is -0.579. The quantitative estimate of drug-likeness (QED) is 0.682. The Balaban J connectivity index is 1.83. The number of carbonyl (C=O) groups excluding carboxylic acids is 1. The van der Waals surface area contributed by atoms with Crippen LogP contribution < -0.4 is 0 Å². The molecular formula is C20H22N2O2. The average Bonchev–Trinajstić information content (AvgIpc) is 2.99. The highest BCUT2D eigenvalue weighted by Crippen LogP contribution is 2.54. The first-order valence-electron chi connectivity index (χ1n) is 8.82. The molecule has 1 saturated heterocycles. The average molecular weight is 322 g/mol. The van der Waals surface area contributed by atoms with Gasteiger partial charge in [-0.3, -0.25) is 9.69 Å². The second-order valence-corrected chi connectivity index (χ2v) is 7.38. The van der Waals surface area contributed by atoms with E-state index in [1.54, 1.807) is 0 Å². The van der Waals surface area contributed by atoms with Crippen LogP contribution in [0.15, 0.2) is 35.9 Å². The lowest BCUT2D eigenvalue weighted by molar-refractivity contribution is -0.155. The van der Waals surface area contributed by atoms with Crippen molar-refractivity contribution < 1.29 is 9.53 Å². The molecular weight excluding hydrogens is 300 g/mol. The van der Waals surface area contributed by atoms with Crippen LogP contribution in [0.25, 0.3) is 10.9 Å². The van der Waals surface area contributed by atoms with Crippen LogP contribution in [0.2, 0.25) is 0 Å². The monoisotopic (exact) mass is 322 g/mol. The van der Waals surface area contributed by atoms with E-state index in [1.807, 2.05) is 6.07 Å². The molecule has 4 heteroatoms. The van der Waals surface area contributed by atoms with Gasteiger partial charge in [0.1, 0.15) is 5.41 Å². The SMILES string of the molecule is CCC1=CC2CN3Cc4c([nH]c5ccccc45)C(C(=O)OC)(C2)C13. The fraction of sp³-hybridized carbons (Fsp3) is 0.450. The van der Waals surface area contributed by atoms with Crippen molar-refractivity contribution in [2.24, 2.45) is 5.92 Å². The molecule has 1 aromatic carbocycles. The summed E-state index contributed by atoms with van der Waals surface area (Å²) in [6.07, 6.45) is 4.26. The molecule has 124 valence electrons. The lowest BCUT2D eigenvalue weighted by Gasteiger charge is -2.57. The zero-order valence-electron chi connectivity index (χ0n) is 14.1. The Labute approximate surface area is 141 Å². The molecule has 4 nitrogen and oxygen atoms in total. The summed E-state index contributed by atoms with van der Waals surface area (Å²) in [6, 6.07) is 8.52. The maximum Gasteiger partial charge on any atom is 0.319 e. The molecule has 1 fully saturated rings. The van der Waals surface area contributed by atoms with Crippen molar-refractivity contribution in [1.82, 2.24) is 9.88 Å². The molecule has 0 saturated carbocycles. The molecule has 4 unspecified atom stereocenters. The third kappa shape index (κ3) is 1.55. The summed E-state index contributed by atoms with van der Waals surface area (Å²) in [7, 11) is 1.52. The zero-order chi connectivity index (χ0) is 16.5. The maximum absolute atomic E-state index is 13.1. The van der Waals surface area contributed by atoms with Crippen molar-refractivity contribution in [3.8, 4) is 0 Å². The Morgan fingerprint density at radius 2 is 2.25 bits per heavy atom. The summed E-state index contributed by atoms with van der Waals surface area (Å²) in [5.74, 6) is 0.345. The van der Waals surface area contributed by atoms with Gasteiger partial charge in [0.15, 0.2) is 0 Å². The number of carbonyl (C=O) groups is 1. The number of hydrogen-bond acceptors (Lipinski definition) is 3. The molecule has 4 aliphatic rings. The Hall–Kier alpha value is -2.07. The molecule has 1 aromatic heterocycles. The number of H-pyrrole nitrogens is 1. The van der Waals surface area contributed by atoms with Gasteiger partial charge in [-0.15, -0.1) is 0 Å². The number of aromatic amines is 1. The van der Waals surface area contributed by atoms with E-state index in [4.69, 9.17) is 4.74 Å². The highest BCUT2D eigenvalue weighted by Gasteiger charge is 2.61. The van der Waals surface area contributed by atoms with Crippen molar-refractivity contribution >= 4 is 16.9 Å². The molecule has 24 heavy (non-hydrogen) atoms. The van der Waals surface area contributed by atoms with Gasteiger partial charge in [0.05, 0.1) is 13.2 Å². The molecule has 4 atom stereocenters. The van der Waals surface area contributed by atoms with Crippen LogP contribution in [0, 0.1) is 5.92 Å². The van der Waals surface area contributed by atoms with E-state index in [0.29, 0.717) is 5.92 Å². The number of ether oxygens (including phenoxy) is 1. The summed E-state index contributed by atoms with van der Waals surface area (Å²) in [5.41, 5.74) is 4.32. The fourth-order valence-electron chi connectivity index (χ4n) is 5.50. The molecule has 4 bridgehead atoms. The van der Waals surface area contributed by atoms with Crippen LogP contribution in [0.4, 0.5) is 0 Å². The highest BCUT2D eigenvalue weighted by molar-refractivity contribution is 5.92. The molecule has 0 spiro atoms. The van der Waals surface area contributed by atoms with Crippen LogP contribution in [0.3, 0.4) is 0 Å². The standard InChI is InChI=1S/C20H22N2O2/c1-3-13-8-12-9-20(19(23)24-2)17-15(11-22(10-12)18(13)20)14-6-4-5-7-16(14)21-17/h4-8,12,18,21H,3,9-11H2,1-2H3. The number of hydrogen-bond donors (Lipinski definition) is 1. The van der Waals surface area contributed by atoms with Gasteiger partial charge in [-0.05, 0) is 30.4 Å². The van der Waals surface area contributed by atoms with Gasteiger partial charge >= 0.3 is 5.97 Å². The van der Waals surface area contributed by atoms with E-state index in [2.05, 4.69) is 41.1 Å². The van der Waals surface area contributed by atoms with Crippen molar-refractivity contribution in [3.05, 3.63) is 47.2 Å². The van der Waals surface area contributed by atoms with Gasteiger partial charge in [-0.1, -0.05) is 36.8 Å². The third-order valence-electron chi connectivity index (χ3n) is 6.26. The second kappa shape index (κ2) is 4.73. The predicted octanol–water partition coefficient (Wildman–Crippen LogP) is 3.13. The largest absolute Gasteiger partial charge is 0.468 e. The molecule has 3 aliphatic heterocycles. The van der Waals surface area contributed by atoms with E-state index in [-0.39, 0.29) is 12.0 Å². The number of esters is 1. The van der Waals surface area contributed by atoms with Gasteiger partial charge < -0.3 is 9.72 Å². The number of para-hydroxylation sites is 1. The van der Waals surface area contributed by atoms with E-state index in [0.717, 1.165) is 37.1 Å². The summed E-state index contributed by atoms with van der Waals surface area (Å²) in [4.78, 5) is 19.2. The molecule has 2 aromatic rings. The van der Waals surface area contributed by atoms with Gasteiger partial charge in [0, 0.05) is 29.7 Å². The number of rotatable bonds is 2. The Bertz CT molecular complexity index is 881. The zero-order valence-corrected chi connectivity index (χ0v) is 14.1. The summed E-state index contributed by atoms with van der Waals surface area (Å²) in [6.45, 7) is 4.16. The highest BCUT2D eigenvalue weighted by atomic mass is 16.5. The number of benzene rings is 1. The van der Waals surface area contributed by atoms with Crippen molar-refractivity contribution in [1.29, 1.82) is 0 Å². The maximum atomic E-state index is 13.1. The summed E-state index contributed by atoms with van der Waals surface area (Å²) < 4.78 is 5.35. The first-order chi connectivity index (χ1) is 11.7. The molecule has 1 N–H and O–H groups in total. The number of nitrogens with one attached hydrogen (secondary N) is 1. The normalized spacial score (nSPS) is 33.2. The predicted molar refractivity (Wildman–Crippen MR) is 92.7 cm³/mol. The first-order valence-corrected chi connectivity index (χ1v) is 8.82. The van der Waals surface area contributed by atoms with Crippen LogP contribution in [0.5, 0.6) is 0 Å². The van der Waals surface area contributed by atoms with E-state index < -0.39 is 5.41 Å². The van der Waals surface area contributed by atoms with Gasteiger partial charge in [0.25, 0.3) is 0 Å². The van der Waals surface area contributed by atoms with Crippen molar-refractivity contribution in [2.75, 3.05) is 13.7 Å². The van der Waals surface area contributed by atoms with Crippen LogP contribution in [-0.4, -0.2) is 35.5 Å². The lowest BCUT2D eigenvalue weighted by Crippen LogP contribution is -2.66. The number of fused-ring (bicyclic) bond motifs is 3. The fourth-order valence-corrected chi connectivity index (χ4v) is 5.50. The topological polar surface area (TPSA) is 45.3 Å². The molecule has 4 heterocycles. The second-order valence-electron chi connectivity index (χ2n) is 7.38. The van der Waals surface area contributed by atoms with Crippen molar-refractivity contribution in [2.45, 2.75) is 37.8 Å². The van der Waals surface area contributed by atoms with Crippen LogP contribution in [0.1, 0.15) is 31.0 Å². The van der Waals surface area contributed by atoms with Gasteiger partial charge in [-0.25, -0.2) is 0 Å². The number of methoxy groups -OCH3 is 1. The molecule has 0 radical (unpaired) electrons. The number of aromatic nitrogens is 1. The van der Waals surface area contributed by atoms with E-state index in [1.165, 1.54) is 23.6 Å². The first kappa shape index (κ1) is 14.3. The van der Waals surface area contributed by atoms with E-state index >= 15 is 0 Å². The Morgan fingerprint density at radius 3 is 3.04 bits per heavy atom. The smallest absolute Gasteiger partial charge is 0.319 e. The summed E-state index contributed by atoms with van der Waals surface area (Å²) in [5, 5.41) is 1.24. The third-order valence-corrected chi connectivity index (χ3v) is 6.26. The summed E-state index contributed by atoms with van der Waals surface area (Å²) >= 11 is 0. The number of piperidine rings is 1. The van der Waals surface area contributed by atoms with Crippen LogP contribution >= 0.6 is 0 Å². The van der Waals surface area contributed by atoms with Crippen molar-refractivity contribution in [3.63, 3.8) is 0 Å². The molecule has 0 amide bonds. The Morgan fingerprint density at radius 1 is 1.42 bits per heavy atom. The minimum absolute atomic E-state index is 0.0891. The molecule has 6 rings (SSSR count). The minimum Gasteiger partial charge on any atom is -0.468 e. The lowest BCUT2D eigenvalue weighted by atomic mass is 9.58. The Kier molecular flexibility index (Phi) is 2.82. The molecule has 1 aliphatic carbocycles. The number of nitrogens with zero attached hydrogens (tertiary/aromatic N) is 1. The van der Waals surface area contributed by atoms with Gasteiger partial charge in [-0.2, -0.15) is 0 Å².